The van der Waals surface area contributed by atoms with Gasteiger partial charge in [-0.15, -0.1) is 0 Å². The molecule has 0 saturated carbocycles. The van der Waals surface area contributed by atoms with Crippen LogP contribution in [0.1, 0.15) is 59.3 Å². The molecule has 2 heteroatoms. The molecule has 1 rings (SSSR count). The molecule has 1 saturated heterocycles. The maximum atomic E-state index is 5.76. The molecule has 3 atom stereocenters. The molecule has 1 heterocycles. The van der Waals surface area contributed by atoms with Gasteiger partial charge in [0.25, 0.3) is 0 Å². The standard InChI is InChI=1S/C14H29NO/c1-4-7-14(15-9-5-2)12-8-10-16-13(6-3)11-12/h12-15H,4-11H2,1-3H3. The van der Waals surface area contributed by atoms with E-state index < -0.39 is 0 Å². The summed E-state index contributed by atoms with van der Waals surface area (Å²) in [7, 11) is 0. The average molecular weight is 227 g/mol. The maximum Gasteiger partial charge on any atom is 0.0575 e. The van der Waals surface area contributed by atoms with Crippen LogP contribution in [-0.4, -0.2) is 25.3 Å². The summed E-state index contributed by atoms with van der Waals surface area (Å²) in [6.07, 6.45) is 8.04. The lowest BCUT2D eigenvalue weighted by Crippen LogP contribution is -2.41. The fraction of sp³-hybridized carbons (Fsp3) is 1.00. The van der Waals surface area contributed by atoms with E-state index in [-0.39, 0.29) is 0 Å². The van der Waals surface area contributed by atoms with Gasteiger partial charge in [-0.3, -0.25) is 0 Å². The van der Waals surface area contributed by atoms with Gasteiger partial charge in [0.1, 0.15) is 0 Å². The van der Waals surface area contributed by atoms with Crippen molar-refractivity contribution in [2.24, 2.45) is 5.92 Å². The summed E-state index contributed by atoms with van der Waals surface area (Å²) in [5.41, 5.74) is 0. The normalized spacial score (nSPS) is 27.9. The van der Waals surface area contributed by atoms with E-state index in [9.17, 15) is 0 Å². The molecule has 1 fully saturated rings. The highest BCUT2D eigenvalue weighted by atomic mass is 16.5. The van der Waals surface area contributed by atoms with Crippen LogP contribution in [0.15, 0.2) is 0 Å². The largest absolute Gasteiger partial charge is 0.378 e. The lowest BCUT2D eigenvalue weighted by atomic mass is 9.85. The van der Waals surface area contributed by atoms with Crippen molar-refractivity contribution in [3.8, 4) is 0 Å². The van der Waals surface area contributed by atoms with Gasteiger partial charge in [0, 0.05) is 12.6 Å². The van der Waals surface area contributed by atoms with Gasteiger partial charge in [-0.05, 0) is 44.6 Å². The highest BCUT2D eigenvalue weighted by Gasteiger charge is 2.27. The van der Waals surface area contributed by atoms with Gasteiger partial charge in [0.05, 0.1) is 6.10 Å². The van der Waals surface area contributed by atoms with E-state index >= 15 is 0 Å². The van der Waals surface area contributed by atoms with Crippen molar-refractivity contribution in [1.82, 2.24) is 5.32 Å². The van der Waals surface area contributed by atoms with Crippen LogP contribution in [0, 0.1) is 5.92 Å². The third-order valence-electron chi connectivity index (χ3n) is 3.69. The second-order valence-corrected chi connectivity index (χ2v) is 5.03. The van der Waals surface area contributed by atoms with Crippen molar-refractivity contribution in [1.29, 1.82) is 0 Å². The minimum Gasteiger partial charge on any atom is -0.378 e. The minimum atomic E-state index is 0.515. The molecule has 96 valence electrons. The first-order chi connectivity index (χ1) is 7.81. The first-order valence-electron chi connectivity index (χ1n) is 7.16. The van der Waals surface area contributed by atoms with E-state index in [2.05, 4.69) is 26.1 Å². The van der Waals surface area contributed by atoms with Gasteiger partial charge in [0.2, 0.25) is 0 Å². The topological polar surface area (TPSA) is 21.3 Å². The Hall–Kier alpha value is -0.0800. The Bertz CT molecular complexity index is 170. The molecule has 1 N–H and O–H groups in total. The second-order valence-electron chi connectivity index (χ2n) is 5.03. The van der Waals surface area contributed by atoms with E-state index in [0.29, 0.717) is 6.10 Å². The Morgan fingerprint density at radius 2 is 2.06 bits per heavy atom. The van der Waals surface area contributed by atoms with Gasteiger partial charge >= 0.3 is 0 Å². The van der Waals surface area contributed by atoms with E-state index in [0.717, 1.165) is 18.6 Å². The number of rotatable bonds is 7. The van der Waals surface area contributed by atoms with Gasteiger partial charge < -0.3 is 10.1 Å². The Balaban J connectivity index is 2.41. The summed E-state index contributed by atoms with van der Waals surface area (Å²) in [6.45, 7) is 8.91. The zero-order chi connectivity index (χ0) is 11.8. The molecule has 0 bridgehead atoms. The lowest BCUT2D eigenvalue weighted by molar-refractivity contribution is -0.0193. The Kier molecular flexibility index (Phi) is 7.06. The van der Waals surface area contributed by atoms with Crippen molar-refractivity contribution in [2.45, 2.75) is 71.4 Å². The SMILES string of the molecule is CCCNC(CCC)C1CCOC(CC)C1. The molecule has 3 unspecified atom stereocenters. The van der Waals surface area contributed by atoms with Crippen LogP contribution >= 0.6 is 0 Å². The van der Waals surface area contributed by atoms with Crippen LogP contribution in [0.25, 0.3) is 0 Å². The molecule has 16 heavy (non-hydrogen) atoms. The van der Waals surface area contributed by atoms with E-state index in [1.165, 1.54) is 45.1 Å². The molecule has 2 nitrogen and oxygen atoms in total. The Labute approximate surface area is 101 Å². The van der Waals surface area contributed by atoms with Crippen LogP contribution in [0.5, 0.6) is 0 Å². The highest BCUT2D eigenvalue weighted by Crippen LogP contribution is 2.26. The van der Waals surface area contributed by atoms with Crippen LogP contribution in [0.2, 0.25) is 0 Å². The van der Waals surface area contributed by atoms with Crippen LogP contribution in [0.3, 0.4) is 0 Å². The smallest absolute Gasteiger partial charge is 0.0575 e. The molecule has 0 aromatic rings. The number of hydrogen-bond acceptors (Lipinski definition) is 2. The molecule has 0 aliphatic carbocycles. The minimum absolute atomic E-state index is 0.515. The monoisotopic (exact) mass is 227 g/mol. The van der Waals surface area contributed by atoms with Gasteiger partial charge in [0.15, 0.2) is 0 Å². The molecule has 0 aromatic carbocycles. The van der Waals surface area contributed by atoms with Crippen molar-refractivity contribution in [3.63, 3.8) is 0 Å². The third-order valence-corrected chi connectivity index (χ3v) is 3.69. The average Bonchev–Trinajstić information content (AvgIpc) is 2.34. The zero-order valence-electron chi connectivity index (χ0n) is 11.3. The van der Waals surface area contributed by atoms with Crippen molar-refractivity contribution >= 4 is 0 Å². The predicted octanol–water partition coefficient (Wildman–Crippen LogP) is 3.36. The fourth-order valence-electron chi connectivity index (χ4n) is 2.70. The predicted molar refractivity (Wildman–Crippen MR) is 69.7 cm³/mol. The Morgan fingerprint density at radius 3 is 2.69 bits per heavy atom. The molecule has 0 spiro atoms. The van der Waals surface area contributed by atoms with Crippen molar-refractivity contribution in [2.75, 3.05) is 13.2 Å². The number of nitrogens with one attached hydrogen (secondary N) is 1. The van der Waals surface area contributed by atoms with Crippen LogP contribution in [-0.2, 0) is 4.74 Å². The zero-order valence-corrected chi connectivity index (χ0v) is 11.3. The fourth-order valence-corrected chi connectivity index (χ4v) is 2.70. The van der Waals surface area contributed by atoms with Gasteiger partial charge in [-0.2, -0.15) is 0 Å². The van der Waals surface area contributed by atoms with E-state index in [1.54, 1.807) is 0 Å². The summed E-state index contributed by atoms with van der Waals surface area (Å²) < 4.78 is 5.76. The van der Waals surface area contributed by atoms with Crippen molar-refractivity contribution < 1.29 is 4.74 Å². The molecule has 0 radical (unpaired) electrons. The summed E-state index contributed by atoms with van der Waals surface area (Å²) in [4.78, 5) is 0. The van der Waals surface area contributed by atoms with Crippen LogP contribution < -0.4 is 5.32 Å². The molecular weight excluding hydrogens is 198 g/mol. The Morgan fingerprint density at radius 1 is 1.25 bits per heavy atom. The highest BCUT2D eigenvalue weighted by molar-refractivity contribution is 4.81. The summed E-state index contributed by atoms with van der Waals surface area (Å²) in [5, 5.41) is 3.73. The summed E-state index contributed by atoms with van der Waals surface area (Å²) in [6, 6.07) is 0.725. The van der Waals surface area contributed by atoms with Gasteiger partial charge in [-0.25, -0.2) is 0 Å². The molecule has 1 aliphatic rings. The summed E-state index contributed by atoms with van der Waals surface area (Å²) >= 11 is 0. The third kappa shape index (κ3) is 4.42. The molecular formula is C14H29NO. The van der Waals surface area contributed by atoms with E-state index in [1.807, 2.05) is 0 Å². The van der Waals surface area contributed by atoms with E-state index in [4.69, 9.17) is 4.74 Å². The first kappa shape index (κ1) is 14.0. The molecule has 0 aromatic heterocycles. The molecule has 1 aliphatic heterocycles. The first-order valence-corrected chi connectivity index (χ1v) is 7.16. The molecule has 0 amide bonds. The second kappa shape index (κ2) is 8.08. The van der Waals surface area contributed by atoms with Crippen molar-refractivity contribution in [3.05, 3.63) is 0 Å². The lowest BCUT2D eigenvalue weighted by Gasteiger charge is -2.35. The number of hydrogen-bond donors (Lipinski definition) is 1. The van der Waals surface area contributed by atoms with Gasteiger partial charge in [-0.1, -0.05) is 27.2 Å². The maximum absolute atomic E-state index is 5.76. The number of ether oxygens (including phenoxy) is 1. The quantitative estimate of drug-likeness (QED) is 0.720. The summed E-state index contributed by atoms with van der Waals surface area (Å²) in [5.74, 6) is 0.838. The van der Waals surface area contributed by atoms with Crippen LogP contribution in [0.4, 0.5) is 0 Å².